The molecule has 2 saturated heterocycles. The van der Waals surface area contributed by atoms with Crippen molar-refractivity contribution < 1.29 is 33.7 Å². The molecule has 0 radical (unpaired) electrons. The van der Waals surface area contributed by atoms with Crippen molar-refractivity contribution in [2.75, 3.05) is 11.9 Å². The van der Waals surface area contributed by atoms with Gasteiger partial charge in [-0.1, -0.05) is 49.2 Å². The highest BCUT2D eigenvalue weighted by atomic mass is 16.7. The summed E-state index contributed by atoms with van der Waals surface area (Å²) < 4.78 is 18.3. The summed E-state index contributed by atoms with van der Waals surface area (Å²) in [4.78, 5) is 39.9. The SMILES string of the molecule is CC(=O)O[C@@H](C)C(=O)Nc1ccc([C@H]2O[C@@H](CN3[C@@H](C(=O)NC(C)(C)C)CC[C@H]4CCCC[C@H]43)C[C@@H](c3ccc(CO)cc3)O2)cc1. The van der Waals surface area contributed by atoms with Gasteiger partial charge >= 0.3 is 5.97 Å². The summed E-state index contributed by atoms with van der Waals surface area (Å²) in [7, 11) is 0. The number of aliphatic hydroxyl groups excluding tert-OH is 1. The molecule has 5 rings (SSSR count). The van der Waals surface area contributed by atoms with Gasteiger partial charge in [0.05, 0.1) is 24.9 Å². The second kappa shape index (κ2) is 15.3. The Labute approximate surface area is 278 Å². The van der Waals surface area contributed by atoms with Crippen molar-refractivity contribution in [1.29, 1.82) is 0 Å². The van der Waals surface area contributed by atoms with Gasteiger partial charge < -0.3 is 30.0 Å². The van der Waals surface area contributed by atoms with Gasteiger partial charge in [0.25, 0.3) is 5.91 Å². The van der Waals surface area contributed by atoms with Crippen LogP contribution in [0.25, 0.3) is 0 Å². The summed E-state index contributed by atoms with van der Waals surface area (Å²) >= 11 is 0. The van der Waals surface area contributed by atoms with E-state index in [4.69, 9.17) is 14.2 Å². The van der Waals surface area contributed by atoms with Crippen LogP contribution < -0.4 is 10.6 Å². The van der Waals surface area contributed by atoms with Crippen LogP contribution in [0.3, 0.4) is 0 Å². The molecule has 1 saturated carbocycles. The summed E-state index contributed by atoms with van der Waals surface area (Å²) in [5.41, 5.74) is 2.88. The van der Waals surface area contributed by atoms with E-state index in [0.717, 1.165) is 36.0 Å². The van der Waals surface area contributed by atoms with E-state index in [1.54, 1.807) is 12.1 Å². The number of ether oxygens (including phenoxy) is 3. The number of carbonyl (C=O) groups excluding carboxylic acids is 3. The normalized spacial score (nSPS) is 27.3. The van der Waals surface area contributed by atoms with Crippen molar-refractivity contribution >= 4 is 23.5 Å². The molecule has 256 valence electrons. The number of aliphatic hydroxyl groups is 1. The smallest absolute Gasteiger partial charge is 0.303 e. The van der Waals surface area contributed by atoms with E-state index >= 15 is 0 Å². The number of carbonyl (C=O) groups is 3. The Kier molecular flexibility index (Phi) is 11.4. The largest absolute Gasteiger partial charge is 0.453 e. The second-order valence-electron chi connectivity index (χ2n) is 14.4. The second-order valence-corrected chi connectivity index (χ2v) is 14.4. The van der Waals surface area contributed by atoms with Crippen LogP contribution in [-0.2, 0) is 35.2 Å². The van der Waals surface area contributed by atoms with Gasteiger partial charge in [-0.05, 0) is 82.6 Å². The molecule has 47 heavy (non-hydrogen) atoms. The van der Waals surface area contributed by atoms with Crippen LogP contribution in [0.5, 0.6) is 0 Å². The van der Waals surface area contributed by atoms with Crippen molar-refractivity contribution in [1.82, 2.24) is 10.2 Å². The summed E-state index contributed by atoms with van der Waals surface area (Å²) in [6, 6.07) is 15.2. The van der Waals surface area contributed by atoms with Gasteiger partial charge in [0, 0.05) is 42.7 Å². The predicted molar refractivity (Wildman–Crippen MR) is 178 cm³/mol. The maximum Gasteiger partial charge on any atom is 0.303 e. The first kappa shape index (κ1) is 35.0. The third-order valence-corrected chi connectivity index (χ3v) is 9.50. The summed E-state index contributed by atoms with van der Waals surface area (Å²) in [6.07, 6.45) is 5.20. The third-order valence-electron chi connectivity index (χ3n) is 9.50. The molecule has 10 nitrogen and oxygen atoms in total. The van der Waals surface area contributed by atoms with E-state index in [9.17, 15) is 19.5 Å². The average molecular weight is 650 g/mol. The summed E-state index contributed by atoms with van der Waals surface area (Å²) in [5.74, 6) is -0.264. The molecule has 3 fully saturated rings. The van der Waals surface area contributed by atoms with E-state index in [1.165, 1.54) is 33.1 Å². The number of hydrogen-bond donors (Lipinski definition) is 3. The van der Waals surface area contributed by atoms with Crippen molar-refractivity contribution in [2.24, 2.45) is 5.92 Å². The van der Waals surface area contributed by atoms with Crippen molar-refractivity contribution in [3.05, 3.63) is 65.2 Å². The molecule has 2 heterocycles. The Morgan fingerprint density at radius 1 is 0.957 bits per heavy atom. The summed E-state index contributed by atoms with van der Waals surface area (Å²) in [5, 5.41) is 15.6. The number of likely N-dealkylation sites (tertiary alicyclic amines) is 1. The molecular formula is C37H51N3O7. The molecule has 0 aromatic heterocycles. The molecule has 2 amide bonds. The lowest BCUT2D eigenvalue weighted by molar-refractivity contribution is -0.255. The standard InChI is InChI=1S/C37H51N3O7/c1-23(45-24(2)42)34(43)38-29-17-14-28(15-18-29)36-46-30(20-33(47-36)27-12-10-25(22-41)11-13-27)21-40-31-9-7-6-8-26(31)16-19-32(40)35(44)39-37(3,4)5/h10-15,17-18,23,26,30-33,36,41H,6-9,16,19-22H2,1-5H3,(H,38,43)(H,39,44)/t23-,26+,30+,31+,32+,33-,36-/m0/s1. The van der Waals surface area contributed by atoms with Crippen LogP contribution in [0, 0.1) is 5.92 Å². The average Bonchev–Trinajstić information content (AvgIpc) is 3.04. The molecular weight excluding hydrogens is 598 g/mol. The number of piperidine rings is 1. The highest BCUT2D eigenvalue weighted by Crippen LogP contribution is 2.42. The zero-order valence-electron chi connectivity index (χ0n) is 28.4. The Balaban J connectivity index is 1.38. The highest BCUT2D eigenvalue weighted by molar-refractivity contribution is 5.94. The molecule has 2 aromatic carbocycles. The number of rotatable bonds is 9. The van der Waals surface area contributed by atoms with Gasteiger partial charge in [-0.15, -0.1) is 0 Å². The van der Waals surface area contributed by atoms with Crippen LogP contribution in [-0.4, -0.2) is 64.2 Å². The number of esters is 1. The van der Waals surface area contributed by atoms with Crippen LogP contribution in [0.4, 0.5) is 5.69 Å². The minimum absolute atomic E-state index is 0.0295. The van der Waals surface area contributed by atoms with E-state index in [-0.39, 0.29) is 36.3 Å². The van der Waals surface area contributed by atoms with Gasteiger partial charge in [0.1, 0.15) is 0 Å². The van der Waals surface area contributed by atoms with Gasteiger partial charge in [-0.2, -0.15) is 0 Å². The fourth-order valence-corrected chi connectivity index (χ4v) is 7.27. The lowest BCUT2D eigenvalue weighted by Crippen LogP contribution is -2.61. The molecule has 0 bridgehead atoms. The zero-order valence-corrected chi connectivity index (χ0v) is 28.4. The third kappa shape index (κ3) is 9.19. The Hall–Kier alpha value is -3.31. The molecule has 10 heteroatoms. The lowest BCUT2D eigenvalue weighted by Gasteiger charge is -2.50. The van der Waals surface area contributed by atoms with Crippen LogP contribution in [0.15, 0.2) is 48.5 Å². The number of fused-ring (bicyclic) bond motifs is 1. The van der Waals surface area contributed by atoms with Gasteiger partial charge in [0.2, 0.25) is 5.91 Å². The van der Waals surface area contributed by atoms with Crippen molar-refractivity contribution in [2.45, 2.75) is 128 Å². The lowest BCUT2D eigenvalue weighted by atomic mass is 9.75. The minimum Gasteiger partial charge on any atom is -0.453 e. The summed E-state index contributed by atoms with van der Waals surface area (Å²) in [6.45, 7) is 9.46. The van der Waals surface area contributed by atoms with E-state index in [2.05, 4.69) is 15.5 Å². The Morgan fingerprint density at radius 2 is 1.64 bits per heavy atom. The quantitative estimate of drug-likeness (QED) is 0.302. The molecule has 2 aliphatic heterocycles. The molecule has 3 N–H and O–H groups in total. The monoisotopic (exact) mass is 649 g/mol. The highest BCUT2D eigenvalue weighted by Gasteiger charge is 2.44. The fourth-order valence-electron chi connectivity index (χ4n) is 7.27. The molecule has 1 aliphatic carbocycles. The van der Waals surface area contributed by atoms with Crippen LogP contribution in [0.2, 0.25) is 0 Å². The zero-order chi connectivity index (χ0) is 33.7. The predicted octanol–water partition coefficient (Wildman–Crippen LogP) is 5.55. The van der Waals surface area contributed by atoms with Gasteiger partial charge in [-0.25, -0.2) is 0 Å². The number of hydrogen-bond acceptors (Lipinski definition) is 8. The Morgan fingerprint density at radius 3 is 2.30 bits per heavy atom. The van der Waals surface area contributed by atoms with E-state index in [0.29, 0.717) is 30.6 Å². The fraction of sp³-hybridized carbons (Fsp3) is 0.595. The van der Waals surface area contributed by atoms with E-state index < -0.39 is 24.3 Å². The number of benzene rings is 2. The number of anilines is 1. The number of nitrogens with one attached hydrogen (secondary N) is 2. The van der Waals surface area contributed by atoms with Crippen molar-refractivity contribution in [3.8, 4) is 0 Å². The molecule has 7 atom stereocenters. The van der Waals surface area contributed by atoms with Gasteiger partial charge in [0.15, 0.2) is 12.4 Å². The Bertz CT molecular complexity index is 1370. The first-order valence-corrected chi connectivity index (χ1v) is 17.1. The minimum atomic E-state index is -0.913. The first-order chi connectivity index (χ1) is 22.4. The first-order valence-electron chi connectivity index (χ1n) is 17.1. The van der Waals surface area contributed by atoms with Crippen LogP contribution >= 0.6 is 0 Å². The van der Waals surface area contributed by atoms with Crippen molar-refractivity contribution in [3.63, 3.8) is 0 Å². The van der Waals surface area contributed by atoms with E-state index in [1.807, 2.05) is 57.2 Å². The molecule has 0 spiro atoms. The molecule has 3 aliphatic rings. The molecule has 0 unspecified atom stereocenters. The number of nitrogens with zero attached hydrogens (tertiary/aromatic N) is 1. The topological polar surface area (TPSA) is 126 Å². The molecule has 2 aromatic rings. The maximum atomic E-state index is 13.7. The maximum absolute atomic E-state index is 13.7. The van der Waals surface area contributed by atoms with Crippen LogP contribution in [0.1, 0.15) is 109 Å². The van der Waals surface area contributed by atoms with Gasteiger partial charge in [-0.3, -0.25) is 19.3 Å². The number of amides is 2.